The smallest absolute Gasteiger partial charge is 0.266 e. The second kappa shape index (κ2) is 6.37. The Hall–Kier alpha value is -2.80. The molecule has 3 rings (SSSR count). The summed E-state index contributed by atoms with van der Waals surface area (Å²) in [6, 6.07) is 11.4. The molecule has 0 unspecified atom stereocenters. The molecule has 2 atom stereocenters. The molecule has 1 aromatic heterocycles. The fourth-order valence-electron chi connectivity index (χ4n) is 2.73. The first-order valence-corrected chi connectivity index (χ1v) is 8.08. The second-order valence-electron chi connectivity index (χ2n) is 6.43. The van der Waals surface area contributed by atoms with Crippen LogP contribution in [-0.4, -0.2) is 5.91 Å². The number of hydrogen-bond acceptors (Lipinski definition) is 3. The molecule has 0 spiro atoms. The maximum atomic E-state index is 12.4. The molecule has 1 aliphatic carbocycles. The van der Waals surface area contributed by atoms with Crippen LogP contribution in [0.25, 0.3) is 6.08 Å². The number of anilines is 1. The third-order valence-electron chi connectivity index (χ3n) is 4.63. The zero-order valence-corrected chi connectivity index (χ0v) is 14.1. The SMILES string of the molecule is Cc1cccc(NC(=O)/C(C#N)=C/c2ccc([C@@H]3C[C@@H]3C)o2)c1C. The molecule has 1 amide bonds. The van der Waals surface area contributed by atoms with E-state index in [9.17, 15) is 10.1 Å². The molecular formula is C20H20N2O2. The Morgan fingerprint density at radius 2 is 2.08 bits per heavy atom. The maximum Gasteiger partial charge on any atom is 0.266 e. The molecule has 122 valence electrons. The summed E-state index contributed by atoms with van der Waals surface area (Å²) in [6.45, 7) is 6.10. The minimum Gasteiger partial charge on any atom is -0.461 e. The van der Waals surface area contributed by atoms with Crippen molar-refractivity contribution in [3.8, 4) is 6.07 Å². The van der Waals surface area contributed by atoms with Crippen molar-refractivity contribution in [2.75, 3.05) is 5.32 Å². The van der Waals surface area contributed by atoms with Gasteiger partial charge in [-0.25, -0.2) is 0 Å². The number of carbonyl (C=O) groups excluding carboxylic acids is 1. The summed E-state index contributed by atoms with van der Waals surface area (Å²) in [7, 11) is 0. The Morgan fingerprint density at radius 3 is 2.75 bits per heavy atom. The van der Waals surface area contributed by atoms with Gasteiger partial charge in [0.25, 0.3) is 5.91 Å². The lowest BCUT2D eigenvalue weighted by Gasteiger charge is -2.09. The van der Waals surface area contributed by atoms with Crippen molar-refractivity contribution >= 4 is 17.7 Å². The van der Waals surface area contributed by atoms with Crippen molar-refractivity contribution in [2.24, 2.45) is 5.92 Å². The number of nitrogens with zero attached hydrogens (tertiary/aromatic N) is 1. The molecule has 4 nitrogen and oxygen atoms in total. The summed E-state index contributed by atoms with van der Waals surface area (Å²) in [6.07, 6.45) is 2.63. The normalized spacial score (nSPS) is 19.7. The Balaban J connectivity index is 1.78. The van der Waals surface area contributed by atoms with Gasteiger partial charge < -0.3 is 9.73 Å². The fraction of sp³-hybridized carbons (Fsp3) is 0.300. The van der Waals surface area contributed by atoms with Gasteiger partial charge in [-0.1, -0.05) is 19.1 Å². The molecule has 1 N–H and O–H groups in total. The van der Waals surface area contributed by atoms with Crippen molar-refractivity contribution in [1.82, 2.24) is 0 Å². The first kappa shape index (κ1) is 16.1. The third kappa shape index (κ3) is 3.26. The number of hydrogen-bond donors (Lipinski definition) is 1. The van der Waals surface area contributed by atoms with Gasteiger partial charge in [-0.2, -0.15) is 5.26 Å². The number of amides is 1. The lowest BCUT2D eigenvalue weighted by molar-refractivity contribution is -0.112. The molecule has 0 saturated heterocycles. The van der Waals surface area contributed by atoms with Crippen molar-refractivity contribution < 1.29 is 9.21 Å². The van der Waals surface area contributed by atoms with Gasteiger partial charge in [-0.15, -0.1) is 0 Å². The predicted molar refractivity (Wildman–Crippen MR) is 93.4 cm³/mol. The minimum atomic E-state index is -0.427. The highest BCUT2D eigenvalue weighted by Crippen LogP contribution is 2.47. The number of rotatable bonds is 4. The van der Waals surface area contributed by atoms with E-state index >= 15 is 0 Å². The van der Waals surface area contributed by atoms with Crippen LogP contribution in [0.15, 0.2) is 40.3 Å². The number of furan rings is 1. The average Bonchev–Trinajstić information content (AvgIpc) is 3.10. The van der Waals surface area contributed by atoms with Crippen LogP contribution in [0.1, 0.15) is 41.9 Å². The number of carbonyl (C=O) groups is 1. The predicted octanol–water partition coefficient (Wildman–Crippen LogP) is 4.57. The Morgan fingerprint density at radius 1 is 1.33 bits per heavy atom. The molecule has 0 radical (unpaired) electrons. The molecule has 1 saturated carbocycles. The van der Waals surface area contributed by atoms with E-state index in [2.05, 4.69) is 12.2 Å². The molecule has 2 aromatic rings. The summed E-state index contributed by atoms with van der Waals surface area (Å²) < 4.78 is 5.75. The van der Waals surface area contributed by atoms with Gasteiger partial charge in [-0.05, 0) is 55.5 Å². The number of nitrogens with one attached hydrogen (secondary N) is 1. The van der Waals surface area contributed by atoms with E-state index in [1.807, 2.05) is 50.2 Å². The van der Waals surface area contributed by atoms with Crippen LogP contribution < -0.4 is 5.32 Å². The Labute approximate surface area is 141 Å². The number of aryl methyl sites for hydroxylation is 1. The van der Waals surface area contributed by atoms with Crippen molar-refractivity contribution in [1.29, 1.82) is 5.26 Å². The highest BCUT2D eigenvalue weighted by atomic mass is 16.3. The van der Waals surface area contributed by atoms with E-state index in [4.69, 9.17) is 4.42 Å². The largest absolute Gasteiger partial charge is 0.461 e. The van der Waals surface area contributed by atoms with Gasteiger partial charge in [0.1, 0.15) is 23.2 Å². The summed E-state index contributed by atoms with van der Waals surface area (Å²) >= 11 is 0. The van der Waals surface area contributed by atoms with Crippen LogP contribution in [0.2, 0.25) is 0 Å². The quantitative estimate of drug-likeness (QED) is 0.663. The summed E-state index contributed by atoms with van der Waals surface area (Å²) in [4.78, 5) is 12.4. The van der Waals surface area contributed by atoms with E-state index in [0.29, 0.717) is 23.3 Å². The molecule has 1 heterocycles. The van der Waals surface area contributed by atoms with Gasteiger partial charge >= 0.3 is 0 Å². The molecule has 0 aliphatic heterocycles. The number of nitriles is 1. The van der Waals surface area contributed by atoms with E-state index in [0.717, 1.165) is 23.3 Å². The van der Waals surface area contributed by atoms with Crippen LogP contribution in [0.4, 0.5) is 5.69 Å². The highest BCUT2D eigenvalue weighted by Gasteiger charge is 2.36. The standard InChI is InChI=1S/C20H20N2O2/c1-12-5-4-6-18(14(12)3)22-20(23)15(11-21)10-16-7-8-19(24-16)17-9-13(17)2/h4-8,10,13,17H,9H2,1-3H3,(H,22,23)/b15-10+/t13-,17+/m0/s1. The third-order valence-corrected chi connectivity index (χ3v) is 4.63. The van der Waals surface area contributed by atoms with Gasteiger partial charge in [0.2, 0.25) is 0 Å². The molecule has 1 aromatic carbocycles. The van der Waals surface area contributed by atoms with Crippen molar-refractivity contribution in [2.45, 2.75) is 33.1 Å². The first-order valence-electron chi connectivity index (χ1n) is 8.08. The van der Waals surface area contributed by atoms with E-state index in [1.54, 1.807) is 0 Å². The average molecular weight is 320 g/mol. The van der Waals surface area contributed by atoms with E-state index in [1.165, 1.54) is 6.08 Å². The zero-order valence-electron chi connectivity index (χ0n) is 14.1. The summed E-state index contributed by atoms with van der Waals surface area (Å²) in [5.41, 5.74) is 2.82. The van der Waals surface area contributed by atoms with Crippen LogP contribution >= 0.6 is 0 Å². The van der Waals surface area contributed by atoms with Gasteiger partial charge in [0, 0.05) is 17.7 Å². The molecule has 1 aliphatic rings. The van der Waals surface area contributed by atoms with Crippen LogP contribution in [-0.2, 0) is 4.79 Å². The molecule has 4 heteroatoms. The van der Waals surface area contributed by atoms with E-state index < -0.39 is 5.91 Å². The van der Waals surface area contributed by atoms with E-state index in [-0.39, 0.29) is 5.57 Å². The van der Waals surface area contributed by atoms with Crippen LogP contribution in [0.5, 0.6) is 0 Å². The molecule has 24 heavy (non-hydrogen) atoms. The maximum absolute atomic E-state index is 12.4. The molecular weight excluding hydrogens is 300 g/mol. The Bertz CT molecular complexity index is 855. The molecule has 0 bridgehead atoms. The Kier molecular flexibility index (Phi) is 4.26. The van der Waals surface area contributed by atoms with Gasteiger partial charge in [0.15, 0.2) is 0 Å². The fourth-order valence-corrected chi connectivity index (χ4v) is 2.73. The van der Waals surface area contributed by atoms with Gasteiger partial charge in [-0.3, -0.25) is 4.79 Å². The topological polar surface area (TPSA) is 66.0 Å². The van der Waals surface area contributed by atoms with Crippen LogP contribution in [0.3, 0.4) is 0 Å². The zero-order chi connectivity index (χ0) is 17.3. The van der Waals surface area contributed by atoms with Gasteiger partial charge in [0.05, 0.1) is 0 Å². The summed E-state index contributed by atoms with van der Waals surface area (Å²) in [5, 5.41) is 12.1. The lowest BCUT2D eigenvalue weighted by atomic mass is 10.1. The minimum absolute atomic E-state index is 0.0284. The first-order chi connectivity index (χ1) is 11.5. The summed E-state index contributed by atoms with van der Waals surface area (Å²) in [5.74, 6) is 2.17. The van der Waals surface area contributed by atoms with Crippen molar-refractivity contribution in [3.63, 3.8) is 0 Å². The van der Waals surface area contributed by atoms with Crippen molar-refractivity contribution in [3.05, 3.63) is 58.6 Å². The molecule has 1 fully saturated rings. The second-order valence-corrected chi connectivity index (χ2v) is 6.43. The number of benzene rings is 1. The van der Waals surface area contributed by atoms with Crippen LogP contribution in [0, 0.1) is 31.1 Å². The highest BCUT2D eigenvalue weighted by molar-refractivity contribution is 6.09. The lowest BCUT2D eigenvalue weighted by Crippen LogP contribution is -2.14. The monoisotopic (exact) mass is 320 g/mol.